The minimum Gasteiger partial charge on any atom is -0.497 e. The maximum atomic E-state index is 10.2. The molecule has 0 saturated carbocycles. The summed E-state index contributed by atoms with van der Waals surface area (Å²) >= 11 is 0. The van der Waals surface area contributed by atoms with Gasteiger partial charge in [0.25, 0.3) is 5.69 Å². The Morgan fingerprint density at radius 2 is 1.43 bits per heavy atom. The Labute approximate surface area is 202 Å². The summed E-state index contributed by atoms with van der Waals surface area (Å²) in [5.74, 6) is 0.621. The van der Waals surface area contributed by atoms with Crippen LogP contribution in [0.2, 0.25) is 0 Å². The number of hydrogen-bond donors (Lipinski definition) is 1. The van der Waals surface area contributed by atoms with Gasteiger partial charge in [0, 0.05) is 39.4 Å². The van der Waals surface area contributed by atoms with Gasteiger partial charge in [0.1, 0.15) is 16.9 Å². The van der Waals surface area contributed by atoms with Crippen LogP contribution in [0.15, 0.2) is 95.4 Å². The van der Waals surface area contributed by atoms with Crippen LogP contribution in [0.5, 0.6) is 5.75 Å². The Bertz CT molecular complexity index is 1640. The van der Waals surface area contributed by atoms with Gasteiger partial charge in [-0.05, 0) is 35.0 Å². The van der Waals surface area contributed by atoms with Crippen molar-refractivity contribution in [2.45, 2.75) is 13.8 Å². The molecule has 0 radical (unpaired) electrons. The number of nitrogens with zero attached hydrogens (tertiary/aromatic N) is 1. The van der Waals surface area contributed by atoms with Crippen LogP contribution in [0.1, 0.15) is 13.8 Å². The summed E-state index contributed by atoms with van der Waals surface area (Å²) in [5, 5.41) is 16.9. The zero-order valence-corrected chi connectivity index (χ0v) is 19.8. The number of furan rings is 1. The fraction of sp³-hybridized carbons (Fsp3) is 0.103. The monoisotopic (exact) mass is 466 g/mol. The topological polar surface area (TPSA) is 91.5 Å². The van der Waals surface area contributed by atoms with E-state index in [1.165, 1.54) is 30.0 Å². The van der Waals surface area contributed by atoms with Gasteiger partial charge in [0.05, 0.1) is 12.0 Å². The molecule has 176 valence electrons. The van der Waals surface area contributed by atoms with Gasteiger partial charge in [-0.1, -0.05) is 68.4 Å². The van der Waals surface area contributed by atoms with E-state index in [9.17, 15) is 10.1 Å². The molecule has 0 aliphatic heterocycles. The van der Waals surface area contributed by atoms with E-state index in [1.807, 2.05) is 44.2 Å². The highest BCUT2D eigenvalue weighted by molar-refractivity contribution is 6.24. The number of nitrogen functional groups attached to an aromatic ring is 1. The van der Waals surface area contributed by atoms with Gasteiger partial charge in [0.2, 0.25) is 0 Å². The lowest BCUT2D eigenvalue weighted by atomic mass is 10.0. The first-order chi connectivity index (χ1) is 17.1. The van der Waals surface area contributed by atoms with E-state index in [4.69, 9.17) is 14.9 Å². The van der Waals surface area contributed by atoms with E-state index < -0.39 is 4.92 Å². The number of nitrogens with two attached hydrogens (primary N) is 1. The molecule has 1 heterocycles. The molecule has 0 fully saturated rings. The minimum atomic E-state index is -0.445. The van der Waals surface area contributed by atoms with Gasteiger partial charge in [0.15, 0.2) is 0 Å². The fourth-order valence-electron chi connectivity index (χ4n) is 4.10. The molecule has 0 atom stereocenters. The van der Waals surface area contributed by atoms with Crippen molar-refractivity contribution in [3.63, 3.8) is 0 Å². The number of hydrogen-bond acceptors (Lipinski definition) is 5. The molecule has 0 unspecified atom stereocenters. The average molecular weight is 467 g/mol. The Hall–Kier alpha value is -4.58. The van der Waals surface area contributed by atoms with Crippen LogP contribution in [-0.2, 0) is 0 Å². The van der Waals surface area contributed by atoms with Crippen molar-refractivity contribution in [3.8, 4) is 5.75 Å². The lowest BCUT2D eigenvalue weighted by Crippen LogP contribution is -1.87. The van der Waals surface area contributed by atoms with Crippen LogP contribution in [0, 0.1) is 10.1 Å². The van der Waals surface area contributed by atoms with Gasteiger partial charge >= 0.3 is 0 Å². The smallest absolute Gasteiger partial charge is 0.269 e. The van der Waals surface area contributed by atoms with Crippen LogP contribution in [-0.4, -0.2) is 12.0 Å². The zero-order chi connectivity index (χ0) is 24.9. The number of fused-ring (bicyclic) bond motifs is 7. The van der Waals surface area contributed by atoms with Crippen molar-refractivity contribution in [3.05, 3.63) is 101 Å². The summed E-state index contributed by atoms with van der Waals surface area (Å²) < 4.78 is 11.0. The summed E-state index contributed by atoms with van der Waals surface area (Å²) in [6.07, 6.45) is 0. The van der Waals surface area contributed by atoms with Crippen LogP contribution < -0.4 is 10.5 Å². The molecule has 0 aliphatic carbocycles. The van der Waals surface area contributed by atoms with Crippen LogP contribution >= 0.6 is 0 Å². The Balaban J connectivity index is 0.000000189. The number of anilines is 1. The number of methoxy groups -OCH3 is 1. The van der Waals surface area contributed by atoms with Crippen LogP contribution in [0.25, 0.3) is 43.5 Å². The molecular formula is C29H26N2O4. The lowest BCUT2D eigenvalue weighted by Gasteiger charge is -2.03. The first-order valence-electron chi connectivity index (χ1n) is 11.4. The number of nitro benzene ring substituents is 1. The van der Waals surface area contributed by atoms with Crippen molar-refractivity contribution < 1.29 is 14.1 Å². The van der Waals surface area contributed by atoms with E-state index >= 15 is 0 Å². The van der Waals surface area contributed by atoms with Crippen molar-refractivity contribution in [1.82, 2.24) is 0 Å². The number of nitro groups is 1. The van der Waals surface area contributed by atoms with Crippen molar-refractivity contribution >= 4 is 54.9 Å². The molecule has 35 heavy (non-hydrogen) atoms. The molecule has 0 bridgehead atoms. The predicted molar refractivity (Wildman–Crippen MR) is 144 cm³/mol. The van der Waals surface area contributed by atoms with Gasteiger partial charge in [-0.25, -0.2) is 0 Å². The Morgan fingerprint density at radius 3 is 2.09 bits per heavy atom. The van der Waals surface area contributed by atoms with Gasteiger partial charge < -0.3 is 14.9 Å². The molecule has 6 aromatic rings. The molecular weight excluding hydrogens is 440 g/mol. The molecule has 5 aromatic carbocycles. The van der Waals surface area contributed by atoms with E-state index in [1.54, 1.807) is 12.1 Å². The van der Waals surface area contributed by atoms with Gasteiger partial charge in [-0.15, -0.1) is 0 Å². The predicted octanol–water partition coefficient (Wildman–Crippen LogP) is 8.10. The van der Waals surface area contributed by atoms with Crippen molar-refractivity contribution in [1.29, 1.82) is 0 Å². The molecule has 6 rings (SSSR count). The first-order valence-corrected chi connectivity index (χ1v) is 11.4. The van der Waals surface area contributed by atoms with E-state index in [0.29, 0.717) is 5.75 Å². The zero-order valence-electron chi connectivity index (χ0n) is 19.8. The highest BCUT2D eigenvalue weighted by atomic mass is 16.6. The number of ether oxygens (including phenoxy) is 1. The average Bonchev–Trinajstić information content (AvgIpc) is 3.29. The standard InChI is InChI=1S/C20H13NO.C7H7NO3.C2H6/c21-17-11-16-19-13-6-2-1-5-12(13)9-10-18(19)22-20(16)15-8-4-3-7-14(15)17;1-11-7-4-2-6(3-5-7)8(9)10;1-2/h1-11H,21H2;2-5H,1H3;1-2H3. The van der Waals surface area contributed by atoms with E-state index in [2.05, 4.69) is 36.4 Å². The highest BCUT2D eigenvalue weighted by Crippen LogP contribution is 2.39. The van der Waals surface area contributed by atoms with Crippen LogP contribution in [0.4, 0.5) is 11.4 Å². The van der Waals surface area contributed by atoms with Crippen LogP contribution in [0.3, 0.4) is 0 Å². The second-order valence-electron chi connectivity index (χ2n) is 7.61. The quantitative estimate of drug-likeness (QED) is 0.158. The van der Waals surface area contributed by atoms with Crippen molar-refractivity contribution in [2.24, 2.45) is 0 Å². The summed E-state index contributed by atoms with van der Waals surface area (Å²) in [7, 11) is 1.52. The maximum absolute atomic E-state index is 10.2. The molecule has 0 aliphatic rings. The highest BCUT2D eigenvalue weighted by Gasteiger charge is 2.14. The Kier molecular flexibility index (Phi) is 6.83. The molecule has 2 N–H and O–H groups in total. The normalized spacial score (nSPS) is 10.5. The number of benzene rings is 5. The number of non-ortho nitro benzene ring substituents is 1. The minimum absolute atomic E-state index is 0.0748. The molecule has 0 spiro atoms. The van der Waals surface area contributed by atoms with E-state index in [-0.39, 0.29) is 5.69 Å². The third kappa shape index (κ3) is 4.46. The van der Waals surface area contributed by atoms with Crippen molar-refractivity contribution in [2.75, 3.05) is 12.8 Å². The summed E-state index contributed by atoms with van der Waals surface area (Å²) in [5.41, 5.74) is 8.96. The maximum Gasteiger partial charge on any atom is 0.269 e. The fourth-order valence-corrected chi connectivity index (χ4v) is 4.10. The number of rotatable bonds is 2. The third-order valence-corrected chi connectivity index (χ3v) is 5.68. The summed E-state index contributed by atoms with van der Waals surface area (Å²) in [4.78, 5) is 9.72. The second-order valence-corrected chi connectivity index (χ2v) is 7.61. The third-order valence-electron chi connectivity index (χ3n) is 5.68. The van der Waals surface area contributed by atoms with Gasteiger partial charge in [-0.3, -0.25) is 10.1 Å². The second kappa shape index (κ2) is 10.1. The summed E-state index contributed by atoms with van der Waals surface area (Å²) in [6, 6.07) is 28.6. The SMILES string of the molecule is CC.COc1ccc([N+](=O)[O-])cc1.Nc1cc2c(oc3ccc4ccccc4c32)c2ccccc12. The molecule has 0 saturated heterocycles. The van der Waals surface area contributed by atoms with Gasteiger partial charge in [-0.2, -0.15) is 0 Å². The molecule has 1 aromatic heterocycles. The summed E-state index contributed by atoms with van der Waals surface area (Å²) in [6.45, 7) is 4.00. The Morgan fingerprint density at radius 1 is 0.800 bits per heavy atom. The molecule has 0 amide bonds. The first kappa shape index (κ1) is 23.6. The van der Waals surface area contributed by atoms with E-state index in [0.717, 1.165) is 38.4 Å². The lowest BCUT2D eigenvalue weighted by molar-refractivity contribution is -0.384. The molecule has 6 heteroatoms. The largest absolute Gasteiger partial charge is 0.497 e. The molecule has 6 nitrogen and oxygen atoms in total.